The zero-order valence-electron chi connectivity index (χ0n) is 4.49. The quantitative estimate of drug-likeness (QED) is 0.338. The Hall–Kier alpha value is 0.337. The number of rotatable bonds is 1. The first-order valence-electron chi connectivity index (χ1n) is 2.05. The SMILES string of the molecule is [CH2]C(C)(C)C=C.[LiH]. The van der Waals surface area contributed by atoms with Gasteiger partial charge in [-0.25, -0.2) is 0 Å². The Morgan fingerprint density at radius 3 is 1.57 bits per heavy atom. The van der Waals surface area contributed by atoms with E-state index in [1.165, 1.54) is 0 Å². The first-order chi connectivity index (χ1) is 2.56. The summed E-state index contributed by atoms with van der Waals surface area (Å²) in [6.07, 6.45) is 1.83. The molecular formula is C6H12Li. The molecule has 7 heavy (non-hydrogen) atoms. The Balaban J connectivity index is 0. The van der Waals surface area contributed by atoms with Gasteiger partial charge < -0.3 is 0 Å². The maximum atomic E-state index is 3.77. The Bertz CT molecular complexity index is 49.7. The average Bonchev–Trinajstić information content (AvgIpc) is 1.35. The van der Waals surface area contributed by atoms with Crippen molar-refractivity contribution in [2.75, 3.05) is 0 Å². The van der Waals surface area contributed by atoms with E-state index in [2.05, 4.69) is 13.5 Å². The number of allylic oxidation sites excluding steroid dienone is 1. The van der Waals surface area contributed by atoms with Crippen molar-refractivity contribution < 1.29 is 0 Å². The number of hydrogen-bond donors (Lipinski definition) is 0. The molecule has 0 aromatic rings. The molecule has 1 radical (unpaired) electrons. The monoisotopic (exact) mass is 91.1 g/mol. The van der Waals surface area contributed by atoms with Crippen LogP contribution in [-0.4, -0.2) is 18.9 Å². The van der Waals surface area contributed by atoms with Gasteiger partial charge in [-0.15, -0.1) is 6.58 Å². The molecule has 0 aliphatic heterocycles. The van der Waals surface area contributed by atoms with Crippen LogP contribution in [0, 0.1) is 12.3 Å². The van der Waals surface area contributed by atoms with Crippen molar-refractivity contribution in [3.8, 4) is 0 Å². The van der Waals surface area contributed by atoms with Gasteiger partial charge in [0.05, 0.1) is 0 Å². The molecule has 0 aliphatic rings. The van der Waals surface area contributed by atoms with Gasteiger partial charge in [-0.3, -0.25) is 0 Å². The van der Waals surface area contributed by atoms with Crippen LogP contribution in [0.15, 0.2) is 12.7 Å². The van der Waals surface area contributed by atoms with Crippen LogP contribution in [0.25, 0.3) is 0 Å². The third-order valence-corrected chi connectivity index (χ3v) is 0.553. The molecule has 0 saturated heterocycles. The van der Waals surface area contributed by atoms with Crippen LogP contribution < -0.4 is 0 Å². The second-order valence-corrected chi connectivity index (χ2v) is 2.19. The summed E-state index contributed by atoms with van der Waals surface area (Å²) in [7, 11) is 0. The van der Waals surface area contributed by atoms with Crippen LogP contribution in [0.3, 0.4) is 0 Å². The molecule has 0 atom stereocenters. The fourth-order valence-electron chi connectivity index (χ4n) is 0. The van der Waals surface area contributed by atoms with Crippen molar-refractivity contribution in [2.24, 2.45) is 5.41 Å². The van der Waals surface area contributed by atoms with Gasteiger partial charge in [0.15, 0.2) is 0 Å². The predicted molar refractivity (Wildman–Crippen MR) is 36.5 cm³/mol. The standard InChI is InChI=1S/C6H11.Li.H/c1-5-6(2,3)4;;/h5H,1-2H2,3-4H3;;. The van der Waals surface area contributed by atoms with Gasteiger partial charge in [0, 0.05) is 0 Å². The van der Waals surface area contributed by atoms with Crippen molar-refractivity contribution in [2.45, 2.75) is 13.8 Å². The maximum absolute atomic E-state index is 3.77. The van der Waals surface area contributed by atoms with E-state index >= 15 is 0 Å². The molecule has 0 bridgehead atoms. The average molecular weight is 91.1 g/mol. The van der Waals surface area contributed by atoms with Crippen LogP contribution >= 0.6 is 0 Å². The van der Waals surface area contributed by atoms with Gasteiger partial charge in [0.25, 0.3) is 0 Å². The molecule has 37 valence electrons. The van der Waals surface area contributed by atoms with Gasteiger partial charge in [-0.1, -0.05) is 19.9 Å². The molecule has 1 heteroatoms. The van der Waals surface area contributed by atoms with Crippen LogP contribution in [0.1, 0.15) is 13.8 Å². The fraction of sp³-hybridized carbons (Fsp3) is 0.500. The van der Waals surface area contributed by atoms with E-state index < -0.39 is 0 Å². The van der Waals surface area contributed by atoms with Crippen molar-refractivity contribution >= 4 is 18.9 Å². The Morgan fingerprint density at radius 2 is 1.57 bits per heavy atom. The van der Waals surface area contributed by atoms with Crippen molar-refractivity contribution in [3.63, 3.8) is 0 Å². The van der Waals surface area contributed by atoms with E-state index in [9.17, 15) is 0 Å². The van der Waals surface area contributed by atoms with Crippen LogP contribution in [0.4, 0.5) is 0 Å². The number of hydrogen-bond acceptors (Lipinski definition) is 0. The third kappa shape index (κ3) is 10.7. The Labute approximate surface area is 58.2 Å². The van der Waals surface area contributed by atoms with Gasteiger partial charge in [-0.2, -0.15) is 0 Å². The van der Waals surface area contributed by atoms with Crippen LogP contribution in [0.5, 0.6) is 0 Å². The fourth-order valence-corrected chi connectivity index (χ4v) is 0. The Kier molecular flexibility index (Phi) is 4.96. The minimum atomic E-state index is 0. The molecule has 0 aliphatic carbocycles. The summed E-state index contributed by atoms with van der Waals surface area (Å²) in [6, 6.07) is 0. The molecule has 0 heterocycles. The predicted octanol–water partition coefficient (Wildman–Crippen LogP) is 1.38. The minimum absolute atomic E-state index is 0. The molecule has 0 fully saturated rings. The van der Waals surface area contributed by atoms with Crippen molar-refractivity contribution in [3.05, 3.63) is 19.6 Å². The molecule has 0 saturated carbocycles. The molecular weight excluding hydrogens is 79.0 g/mol. The van der Waals surface area contributed by atoms with Gasteiger partial charge >= 0.3 is 18.9 Å². The summed E-state index contributed by atoms with van der Waals surface area (Å²) >= 11 is 0. The molecule has 0 unspecified atom stereocenters. The van der Waals surface area contributed by atoms with Crippen molar-refractivity contribution in [1.29, 1.82) is 0 Å². The van der Waals surface area contributed by atoms with E-state index in [-0.39, 0.29) is 24.3 Å². The first kappa shape index (κ1) is 10.3. The molecule has 0 spiro atoms. The molecule has 0 nitrogen and oxygen atoms in total. The van der Waals surface area contributed by atoms with E-state index in [0.29, 0.717) is 0 Å². The van der Waals surface area contributed by atoms with Crippen LogP contribution in [0.2, 0.25) is 0 Å². The van der Waals surface area contributed by atoms with Gasteiger partial charge in [0.2, 0.25) is 0 Å². The molecule has 0 rings (SSSR count). The summed E-state index contributed by atoms with van der Waals surface area (Å²) in [5.41, 5.74) is 0.0556. The third-order valence-electron chi connectivity index (χ3n) is 0.553. The zero-order valence-corrected chi connectivity index (χ0v) is 4.49. The zero-order chi connectivity index (χ0) is 5.21. The summed E-state index contributed by atoms with van der Waals surface area (Å²) in [5.74, 6) is 0. The molecule has 0 aromatic heterocycles. The first-order valence-corrected chi connectivity index (χ1v) is 2.05. The van der Waals surface area contributed by atoms with E-state index in [4.69, 9.17) is 0 Å². The summed E-state index contributed by atoms with van der Waals surface area (Å²) in [5, 5.41) is 0. The second-order valence-electron chi connectivity index (χ2n) is 2.19. The second kappa shape index (κ2) is 3.35. The van der Waals surface area contributed by atoms with E-state index in [1.807, 2.05) is 19.9 Å². The summed E-state index contributed by atoms with van der Waals surface area (Å²) in [6.45, 7) is 11.4. The molecule has 0 amide bonds. The normalized spacial score (nSPS) is 9.57. The topological polar surface area (TPSA) is 0 Å². The van der Waals surface area contributed by atoms with Gasteiger partial charge in [0.1, 0.15) is 0 Å². The van der Waals surface area contributed by atoms with E-state index in [0.717, 1.165) is 0 Å². The van der Waals surface area contributed by atoms with E-state index in [1.54, 1.807) is 0 Å². The van der Waals surface area contributed by atoms with Crippen molar-refractivity contribution in [1.82, 2.24) is 0 Å². The summed E-state index contributed by atoms with van der Waals surface area (Å²) in [4.78, 5) is 0. The summed E-state index contributed by atoms with van der Waals surface area (Å²) < 4.78 is 0. The van der Waals surface area contributed by atoms with Crippen LogP contribution in [-0.2, 0) is 0 Å². The van der Waals surface area contributed by atoms with Gasteiger partial charge in [-0.05, 0) is 12.3 Å². The Morgan fingerprint density at radius 1 is 1.43 bits per heavy atom. The molecule has 0 N–H and O–H groups in total. The molecule has 0 aromatic carbocycles.